The Kier molecular flexibility index (Phi) is 5.12. The molecule has 0 aromatic carbocycles. The van der Waals surface area contributed by atoms with E-state index in [4.69, 9.17) is 0 Å². The van der Waals surface area contributed by atoms with Gasteiger partial charge in [-0.05, 0) is 24.8 Å². The first-order valence-electron chi connectivity index (χ1n) is 7.85. The minimum Gasteiger partial charge on any atom is -0.354 e. The topological polar surface area (TPSA) is 74.2 Å². The van der Waals surface area contributed by atoms with E-state index in [1.54, 1.807) is 24.5 Å². The van der Waals surface area contributed by atoms with E-state index in [1.807, 2.05) is 12.1 Å². The van der Waals surface area contributed by atoms with Gasteiger partial charge in [-0.15, -0.1) is 0 Å². The standard InChI is InChI=1S/C17H20N6O/c1-22-7-9-23(10-8-22)16-11-15(19-13-20-16)21-17(24)5-4-14-3-2-6-18-12-14/h2-6,11-13H,7-10H2,1H3,(H,19,20,21,24)/b5-4+. The van der Waals surface area contributed by atoms with Crippen molar-refractivity contribution in [1.82, 2.24) is 19.9 Å². The third-order valence-electron chi connectivity index (χ3n) is 3.84. The van der Waals surface area contributed by atoms with E-state index >= 15 is 0 Å². The van der Waals surface area contributed by atoms with Crippen LogP contribution in [-0.4, -0.2) is 59.0 Å². The Morgan fingerprint density at radius 3 is 2.83 bits per heavy atom. The van der Waals surface area contributed by atoms with Crippen LogP contribution in [-0.2, 0) is 4.79 Å². The van der Waals surface area contributed by atoms with Gasteiger partial charge in [-0.3, -0.25) is 9.78 Å². The van der Waals surface area contributed by atoms with Gasteiger partial charge in [-0.2, -0.15) is 0 Å². The monoisotopic (exact) mass is 324 g/mol. The predicted octanol–water partition coefficient (Wildman–Crippen LogP) is 1.28. The first kappa shape index (κ1) is 16.1. The fourth-order valence-corrected chi connectivity index (χ4v) is 2.44. The van der Waals surface area contributed by atoms with Gasteiger partial charge in [0.15, 0.2) is 0 Å². The summed E-state index contributed by atoms with van der Waals surface area (Å²) < 4.78 is 0. The molecule has 7 heteroatoms. The van der Waals surface area contributed by atoms with Crippen LogP contribution in [0.5, 0.6) is 0 Å². The van der Waals surface area contributed by atoms with Crippen LogP contribution in [0.15, 0.2) is 43.0 Å². The molecule has 0 saturated carbocycles. The number of carbonyl (C=O) groups excluding carboxylic acids is 1. The highest BCUT2D eigenvalue weighted by molar-refractivity contribution is 6.01. The molecule has 1 aliphatic rings. The van der Waals surface area contributed by atoms with Crippen LogP contribution in [0.3, 0.4) is 0 Å². The molecule has 124 valence electrons. The number of rotatable bonds is 4. The van der Waals surface area contributed by atoms with E-state index in [9.17, 15) is 4.79 Å². The van der Waals surface area contributed by atoms with Crippen LogP contribution in [0.4, 0.5) is 11.6 Å². The van der Waals surface area contributed by atoms with E-state index in [0.29, 0.717) is 5.82 Å². The summed E-state index contributed by atoms with van der Waals surface area (Å²) in [6, 6.07) is 5.51. The number of nitrogens with zero attached hydrogens (tertiary/aromatic N) is 5. The molecule has 1 fully saturated rings. The van der Waals surface area contributed by atoms with Crippen molar-refractivity contribution in [2.75, 3.05) is 43.4 Å². The smallest absolute Gasteiger partial charge is 0.249 e. The molecule has 1 N–H and O–H groups in total. The maximum absolute atomic E-state index is 12.0. The Hall–Kier alpha value is -2.80. The molecule has 2 aromatic heterocycles. The molecule has 0 unspecified atom stereocenters. The van der Waals surface area contributed by atoms with Crippen LogP contribution < -0.4 is 10.2 Å². The summed E-state index contributed by atoms with van der Waals surface area (Å²) in [5.74, 6) is 1.10. The Labute approximate surface area is 141 Å². The van der Waals surface area contributed by atoms with Gasteiger partial charge in [0.1, 0.15) is 18.0 Å². The van der Waals surface area contributed by atoms with Crippen LogP contribution in [0, 0.1) is 0 Å². The van der Waals surface area contributed by atoms with Gasteiger partial charge in [0.2, 0.25) is 5.91 Å². The third kappa shape index (κ3) is 4.36. The summed E-state index contributed by atoms with van der Waals surface area (Å²) in [4.78, 5) is 28.9. The Morgan fingerprint density at radius 2 is 2.08 bits per heavy atom. The van der Waals surface area contributed by atoms with Gasteiger partial charge >= 0.3 is 0 Å². The fourth-order valence-electron chi connectivity index (χ4n) is 2.44. The number of piperazine rings is 1. The van der Waals surface area contributed by atoms with Crippen LogP contribution >= 0.6 is 0 Å². The van der Waals surface area contributed by atoms with Crippen molar-refractivity contribution in [2.24, 2.45) is 0 Å². The lowest BCUT2D eigenvalue weighted by atomic mass is 10.2. The quantitative estimate of drug-likeness (QED) is 0.854. The number of amides is 1. The van der Waals surface area contributed by atoms with Crippen molar-refractivity contribution >= 4 is 23.6 Å². The average molecular weight is 324 g/mol. The summed E-state index contributed by atoms with van der Waals surface area (Å²) in [6.45, 7) is 3.84. The minimum absolute atomic E-state index is 0.234. The molecule has 0 bridgehead atoms. The highest BCUT2D eigenvalue weighted by Crippen LogP contribution is 2.15. The predicted molar refractivity (Wildman–Crippen MR) is 93.6 cm³/mol. The summed E-state index contributed by atoms with van der Waals surface area (Å²) in [7, 11) is 2.11. The number of hydrogen-bond donors (Lipinski definition) is 1. The van der Waals surface area contributed by atoms with Crippen molar-refractivity contribution in [3.05, 3.63) is 48.6 Å². The molecular weight excluding hydrogens is 304 g/mol. The van der Waals surface area contributed by atoms with Crippen LogP contribution in [0.2, 0.25) is 0 Å². The molecule has 0 aliphatic carbocycles. The summed E-state index contributed by atoms with van der Waals surface area (Å²) >= 11 is 0. The lowest BCUT2D eigenvalue weighted by molar-refractivity contribution is -0.111. The maximum Gasteiger partial charge on any atom is 0.249 e. The first-order valence-corrected chi connectivity index (χ1v) is 7.85. The van der Waals surface area contributed by atoms with Crippen molar-refractivity contribution in [3.8, 4) is 0 Å². The SMILES string of the molecule is CN1CCN(c2cc(NC(=O)/C=C/c3cccnc3)ncn2)CC1. The molecule has 7 nitrogen and oxygen atoms in total. The van der Waals surface area contributed by atoms with Gasteiger partial charge in [0, 0.05) is 50.7 Å². The molecular formula is C17H20N6O. The largest absolute Gasteiger partial charge is 0.354 e. The van der Waals surface area contributed by atoms with E-state index in [0.717, 1.165) is 37.6 Å². The van der Waals surface area contributed by atoms with Crippen molar-refractivity contribution in [2.45, 2.75) is 0 Å². The molecule has 0 atom stereocenters. The van der Waals surface area contributed by atoms with Gasteiger partial charge in [-0.25, -0.2) is 9.97 Å². The number of pyridine rings is 1. The van der Waals surface area contributed by atoms with Crippen LogP contribution in [0.25, 0.3) is 6.08 Å². The Bertz CT molecular complexity index is 710. The number of anilines is 2. The molecule has 1 aliphatic heterocycles. The Morgan fingerprint density at radius 1 is 1.25 bits per heavy atom. The van der Waals surface area contributed by atoms with Gasteiger partial charge in [0.05, 0.1) is 0 Å². The maximum atomic E-state index is 12.0. The molecule has 2 aromatic rings. The van der Waals surface area contributed by atoms with Gasteiger partial charge < -0.3 is 15.1 Å². The second kappa shape index (κ2) is 7.65. The number of nitrogens with one attached hydrogen (secondary N) is 1. The number of carbonyl (C=O) groups is 1. The number of hydrogen-bond acceptors (Lipinski definition) is 6. The lowest BCUT2D eigenvalue weighted by Crippen LogP contribution is -2.44. The van der Waals surface area contributed by atoms with Gasteiger partial charge in [-0.1, -0.05) is 6.07 Å². The van der Waals surface area contributed by atoms with E-state index in [2.05, 4.69) is 37.1 Å². The second-order valence-electron chi connectivity index (χ2n) is 5.66. The molecule has 3 rings (SSSR count). The minimum atomic E-state index is -0.234. The van der Waals surface area contributed by atoms with E-state index in [1.165, 1.54) is 12.4 Å². The summed E-state index contributed by atoms with van der Waals surface area (Å²) in [5, 5.41) is 2.77. The molecule has 3 heterocycles. The first-order chi connectivity index (χ1) is 11.7. The van der Waals surface area contributed by atoms with Crippen LogP contribution in [0.1, 0.15) is 5.56 Å². The van der Waals surface area contributed by atoms with E-state index < -0.39 is 0 Å². The lowest BCUT2D eigenvalue weighted by Gasteiger charge is -2.33. The van der Waals surface area contributed by atoms with Crippen molar-refractivity contribution in [1.29, 1.82) is 0 Å². The highest BCUT2D eigenvalue weighted by Gasteiger charge is 2.15. The molecule has 0 radical (unpaired) electrons. The average Bonchev–Trinajstić information content (AvgIpc) is 2.62. The molecule has 1 amide bonds. The zero-order valence-electron chi connectivity index (χ0n) is 13.6. The summed E-state index contributed by atoms with van der Waals surface area (Å²) in [6.07, 6.45) is 8.05. The zero-order chi connectivity index (χ0) is 16.8. The van der Waals surface area contributed by atoms with E-state index in [-0.39, 0.29) is 5.91 Å². The number of likely N-dealkylation sites (N-methyl/N-ethyl adjacent to an activating group) is 1. The van der Waals surface area contributed by atoms with Gasteiger partial charge in [0.25, 0.3) is 0 Å². The van der Waals surface area contributed by atoms with Crippen molar-refractivity contribution in [3.63, 3.8) is 0 Å². The third-order valence-corrected chi connectivity index (χ3v) is 3.84. The molecule has 0 spiro atoms. The fraction of sp³-hybridized carbons (Fsp3) is 0.294. The zero-order valence-corrected chi connectivity index (χ0v) is 13.6. The summed E-state index contributed by atoms with van der Waals surface area (Å²) in [5.41, 5.74) is 0.869. The molecule has 24 heavy (non-hydrogen) atoms. The number of aromatic nitrogens is 3. The highest BCUT2D eigenvalue weighted by atomic mass is 16.1. The normalized spacial score (nSPS) is 15.6. The van der Waals surface area contributed by atoms with Crippen molar-refractivity contribution < 1.29 is 4.79 Å². The molecule has 1 saturated heterocycles. The second-order valence-corrected chi connectivity index (χ2v) is 5.66. The Balaban J connectivity index is 1.62.